The Morgan fingerprint density at radius 1 is 1.73 bits per heavy atom. The van der Waals surface area contributed by atoms with Crippen molar-refractivity contribution in [2.24, 2.45) is 0 Å². The second-order valence-corrected chi connectivity index (χ2v) is 4.26. The van der Waals surface area contributed by atoms with E-state index in [-0.39, 0.29) is 0 Å². The van der Waals surface area contributed by atoms with Gasteiger partial charge >= 0.3 is 0 Å². The Kier molecular flexibility index (Phi) is 3.23. The van der Waals surface area contributed by atoms with Crippen LogP contribution in [0.1, 0.15) is 19.5 Å². The third-order valence-corrected chi connectivity index (χ3v) is 2.38. The number of aromatic nitrogens is 1. The summed E-state index contributed by atoms with van der Waals surface area (Å²) in [5.41, 5.74) is 1.17. The first-order valence-electron chi connectivity index (χ1n) is 3.58. The molecule has 0 radical (unpaired) electrons. The number of hydrogen-bond acceptors (Lipinski definition) is 3. The van der Waals surface area contributed by atoms with Crippen molar-refractivity contribution < 1.29 is 0 Å². The largest absolute Gasteiger partial charge is 0.340 e. The van der Waals surface area contributed by atoms with E-state index < -0.39 is 0 Å². The average Bonchev–Trinajstić information content (AvgIpc) is 2.31. The molecule has 0 aliphatic rings. The molecule has 0 saturated heterocycles. The standard InChI is InChI=1S/C7H12N2S2/c1-5(2)8-3-6-4-11-7(10)9-6/h4-5,8H,3H2,1-2H3,(H,9,10). The summed E-state index contributed by atoms with van der Waals surface area (Å²) in [7, 11) is 0. The van der Waals surface area contributed by atoms with Gasteiger partial charge in [0.15, 0.2) is 3.95 Å². The Bertz CT molecular complexity index is 261. The molecular formula is C7H12N2S2. The molecule has 1 aromatic rings. The second-order valence-electron chi connectivity index (χ2n) is 2.71. The molecule has 0 aromatic carbocycles. The number of hydrogen-bond donors (Lipinski definition) is 2. The molecule has 4 heteroatoms. The van der Waals surface area contributed by atoms with E-state index >= 15 is 0 Å². The normalized spacial score (nSPS) is 10.8. The van der Waals surface area contributed by atoms with Crippen LogP contribution in [-0.4, -0.2) is 11.0 Å². The van der Waals surface area contributed by atoms with Gasteiger partial charge in [-0.05, 0) is 12.2 Å². The monoisotopic (exact) mass is 188 g/mol. The number of thiazole rings is 1. The van der Waals surface area contributed by atoms with Crippen molar-refractivity contribution in [2.45, 2.75) is 26.4 Å². The molecule has 1 aromatic heterocycles. The maximum atomic E-state index is 4.95. The van der Waals surface area contributed by atoms with Crippen molar-refractivity contribution in [3.05, 3.63) is 15.0 Å². The zero-order chi connectivity index (χ0) is 8.27. The molecular weight excluding hydrogens is 176 g/mol. The quantitative estimate of drug-likeness (QED) is 0.712. The fourth-order valence-corrected chi connectivity index (χ4v) is 1.57. The van der Waals surface area contributed by atoms with E-state index in [1.165, 1.54) is 5.69 Å². The Morgan fingerprint density at radius 2 is 2.45 bits per heavy atom. The molecule has 0 aliphatic carbocycles. The fraction of sp³-hybridized carbons (Fsp3) is 0.571. The van der Waals surface area contributed by atoms with Crippen LogP contribution in [0.15, 0.2) is 5.38 Å². The van der Waals surface area contributed by atoms with Crippen molar-refractivity contribution in [3.63, 3.8) is 0 Å². The van der Waals surface area contributed by atoms with Gasteiger partial charge in [-0.3, -0.25) is 0 Å². The molecule has 0 unspecified atom stereocenters. The van der Waals surface area contributed by atoms with Gasteiger partial charge in [0, 0.05) is 23.7 Å². The first-order chi connectivity index (χ1) is 5.18. The summed E-state index contributed by atoms with van der Waals surface area (Å²) < 4.78 is 0.852. The summed E-state index contributed by atoms with van der Waals surface area (Å²) in [5, 5.41) is 5.36. The Labute approximate surface area is 75.7 Å². The molecule has 0 fully saturated rings. The van der Waals surface area contributed by atoms with Crippen molar-refractivity contribution in [2.75, 3.05) is 0 Å². The van der Waals surface area contributed by atoms with Crippen LogP contribution in [0.25, 0.3) is 0 Å². The highest BCUT2D eigenvalue weighted by Gasteiger charge is 1.95. The minimum Gasteiger partial charge on any atom is -0.340 e. The SMILES string of the molecule is CC(C)NCc1csc(=S)[nH]1. The molecule has 1 heterocycles. The van der Waals surface area contributed by atoms with Crippen molar-refractivity contribution in [1.82, 2.24) is 10.3 Å². The van der Waals surface area contributed by atoms with Gasteiger partial charge in [0.25, 0.3) is 0 Å². The summed E-state index contributed by atoms with van der Waals surface area (Å²) in [6.07, 6.45) is 0. The maximum Gasteiger partial charge on any atom is 0.158 e. The van der Waals surface area contributed by atoms with E-state index in [0.29, 0.717) is 6.04 Å². The predicted molar refractivity (Wildman–Crippen MR) is 51.5 cm³/mol. The van der Waals surface area contributed by atoms with Crippen molar-refractivity contribution >= 4 is 23.6 Å². The molecule has 11 heavy (non-hydrogen) atoms. The van der Waals surface area contributed by atoms with Gasteiger partial charge in [-0.2, -0.15) is 0 Å². The van der Waals surface area contributed by atoms with Gasteiger partial charge in [-0.15, -0.1) is 11.3 Å². The molecule has 0 spiro atoms. The molecule has 62 valence electrons. The number of aromatic amines is 1. The molecule has 0 bridgehead atoms. The van der Waals surface area contributed by atoms with E-state index in [2.05, 4.69) is 29.5 Å². The van der Waals surface area contributed by atoms with Crippen LogP contribution in [0.3, 0.4) is 0 Å². The number of H-pyrrole nitrogens is 1. The lowest BCUT2D eigenvalue weighted by atomic mass is 10.4. The number of rotatable bonds is 3. The molecule has 0 saturated carbocycles. The van der Waals surface area contributed by atoms with Crippen molar-refractivity contribution in [1.29, 1.82) is 0 Å². The summed E-state index contributed by atoms with van der Waals surface area (Å²) >= 11 is 6.52. The van der Waals surface area contributed by atoms with Crippen LogP contribution in [-0.2, 0) is 6.54 Å². The molecule has 0 amide bonds. The van der Waals surface area contributed by atoms with E-state index in [0.717, 1.165) is 10.5 Å². The van der Waals surface area contributed by atoms with Gasteiger partial charge in [-0.1, -0.05) is 13.8 Å². The summed E-state index contributed by atoms with van der Waals surface area (Å²) in [6.45, 7) is 5.13. The van der Waals surface area contributed by atoms with Crippen LogP contribution in [0.5, 0.6) is 0 Å². The van der Waals surface area contributed by atoms with Gasteiger partial charge in [0.05, 0.1) is 0 Å². The van der Waals surface area contributed by atoms with Gasteiger partial charge in [0.1, 0.15) is 0 Å². The summed E-state index contributed by atoms with van der Waals surface area (Å²) in [6, 6.07) is 0.525. The number of nitrogens with one attached hydrogen (secondary N) is 2. The van der Waals surface area contributed by atoms with Gasteiger partial charge in [0.2, 0.25) is 0 Å². The van der Waals surface area contributed by atoms with E-state index in [9.17, 15) is 0 Å². The van der Waals surface area contributed by atoms with Crippen LogP contribution in [0, 0.1) is 3.95 Å². The second kappa shape index (κ2) is 3.99. The third kappa shape index (κ3) is 3.14. The highest BCUT2D eigenvalue weighted by molar-refractivity contribution is 7.73. The smallest absolute Gasteiger partial charge is 0.158 e. The van der Waals surface area contributed by atoms with Crippen LogP contribution < -0.4 is 5.32 Å². The minimum atomic E-state index is 0.525. The average molecular weight is 188 g/mol. The molecule has 0 atom stereocenters. The highest BCUT2D eigenvalue weighted by Crippen LogP contribution is 2.03. The van der Waals surface area contributed by atoms with E-state index in [4.69, 9.17) is 12.2 Å². The third-order valence-electron chi connectivity index (χ3n) is 1.27. The van der Waals surface area contributed by atoms with E-state index in [1.54, 1.807) is 11.3 Å². The van der Waals surface area contributed by atoms with Crippen LogP contribution >= 0.6 is 23.6 Å². The topological polar surface area (TPSA) is 27.8 Å². The zero-order valence-corrected chi connectivity index (χ0v) is 8.31. The maximum absolute atomic E-state index is 4.95. The van der Waals surface area contributed by atoms with Crippen molar-refractivity contribution in [3.8, 4) is 0 Å². The lowest BCUT2D eigenvalue weighted by Crippen LogP contribution is -2.21. The Balaban J connectivity index is 2.45. The first-order valence-corrected chi connectivity index (χ1v) is 4.87. The fourth-order valence-electron chi connectivity index (χ4n) is 0.715. The molecule has 1 rings (SSSR count). The minimum absolute atomic E-state index is 0.525. The molecule has 2 N–H and O–H groups in total. The Morgan fingerprint density at radius 3 is 2.91 bits per heavy atom. The zero-order valence-electron chi connectivity index (χ0n) is 6.68. The van der Waals surface area contributed by atoms with E-state index in [1.807, 2.05) is 0 Å². The van der Waals surface area contributed by atoms with Crippen LogP contribution in [0.4, 0.5) is 0 Å². The summed E-state index contributed by atoms with van der Waals surface area (Å²) in [4.78, 5) is 3.10. The lowest BCUT2D eigenvalue weighted by molar-refractivity contribution is 0.583. The molecule has 2 nitrogen and oxygen atoms in total. The Hall–Kier alpha value is -0.190. The highest BCUT2D eigenvalue weighted by atomic mass is 32.1. The van der Waals surface area contributed by atoms with Gasteiger partial charge < -0.3 is 10.3 Å². The summed E-state index contributed by atoms with van der Waals surface area (Å²) in [5.74, 6) is 0. The van der Waals surface area contributed by atoms with Gasteiger partial charge in [-0.25, -0.2) is 0 Å². The first kappa shape index (κ1) is 8.90. The predicted octanol–water partition coefficient (Wildman–Crippen LogP) is 2.30. The molecule has 0 aliphatic heterocycles. The van der Waals surface area contributed by atoms with Crippen LogP contribution in [0.2, 0.25) is 0 Å². The lowest BCUT2D eigenvalue weighted by Gasteiger charge is -2.04.